The minimum Gasteiger partial charge on any atom is -0.393 e. The van der Waals surface area contributed by atoms with Crippen LogP contribution in [0.15, 0.2) is 29.6 Å². The maximum absolute atomic E-state index is 14.6. The zero-order valence-corrected chi connectivity index (χ0v) is 15.7. The van der Waals surface area contributed by atoms with Crippen molar-refractivity contribution in [1.29, 1.82) is 0 Å². The van der Waals surface area contributed by atoms with Crippen molar-refractivity contribution in [2.45, 2.75) is 37.3 Å². The Hall–Kier alpha value is -2.96. The first-order chi connectivity index (χ1) is 13.9. The monoisotopic (exact) mass is 403 g/mol. The number of nitrogens with one attached hydrogen (secondary N) is 2. The second-order valence-electron chi connectivity index (χ2n) is 7.32. The first-order valence-corrected chi connectivity index (χ1v) is 9.34. The van der Waals surface area contributed by atoms with Crippen molar-refractivity contribution in [3.8, 4) is 0 Å². The normalized spacial score (nSPS) is 21.1. The second-order valence-corrected chi connectivity index (χ2v) is 7.32. The lowest BCUT2D eigenvalue weighted by atomic mass is 9.92. The number of halogens is 1. The number of aliphatic hydroxyl groups excluding tert-OH is 1. The molecule has 29 heavy (non-hydrogen) atoms. The highest BCUT2D eigenvalue weighted by atomic mass is 19.1. The van der Waals surface area contributed by atoms with E-state index in [1.54, 1.807) is 17.9 Å². The summed E-state index contributed by atoms with van der Waals surface area (Å²) < 4.78 is 14.6. The topological polar surface area (TPSA) is 119 Å². The van der Waals surface area contributed by atoms with Crippen LogP contribution in [0, 0.1) is 5.82 Å². The average molecular weight is 403 g/mol. The van der Waals surface area contributed by atoms with Crippen LogP contribution in [0.5, 0.6) is 0 Å². The molecule has 1 aromatic carbocycles. The van der Waals surface area contributed by atoms with Crippen molar-refractivity contribution in [3.05, 3.63) is 41.0 Å². The number of hydrogen-bond donors (Lipinski definition) is 4. The number of piperidine rings is 2. The number of allylic oxidation sites excluding steroid dienone is 1. The van der Waals surface area contributed by atoms with Crippen molar-refractivity contribution in [2.24, 2.45) is 0 Å². The van der Waals surface area contributed by atoms with Crippen molar-refractivity contribution in [1.82, 2.24) is 10.6 Å². The molecule has 9 heteroatoms. The molecule has 0 saturated carbocycles. The molecule has 0 unspecified atom stereocenters. The SMILES string of the molecule is O=C=C1CC[C@H](NC(=O)c2ccc(N3CCC(O)(CO)CC3)cc2F)C(=C=O)N1. The maximum Gasteiger partial charge on any atom is 0.254 e. The summed E-state index contributed by atoms with van der Waals surface area (Å²) in [6.07, 6.45) is 1.32. The summed E-state index contributed by atoms with van der Waals surface area (Å²) in [5.41, 5.74) is -0.484. The fraction of sp³-hybridized carbons (Fsp3) is 0.450. The van der Waals surface area contributed by atoms with Crippen LogP contribution in [0.25, 0.3) is 0 Å². The van der Waals surface area contributed by atoms with E-state index in [0.717, 1.165) is 0 Å². The fourth-order valence-electron chi connectivity index (χ4n) is 3.52. The molecule has 8 nitrogen and oxygen atoms in total. The number of aliphatic hydroxyl groups is 2. The Kier molecular flexibility index (Phi) is 6.15. The van der Waals surface area contributed by atoms with Gasteiger partial charge >= 0.3 is 0 Å². The highest BCUT2D eigenvalue weighted by Crippen LogP contribution is 2.27. The van der Waals surface area contributed by atoms with Crippen LogP contribution in [-0.2, 0) is 9.59 Å². The van der Waals surface area contributed by atoms with Gasteiger partial charge in [-0.2, -0.15) is 0 Å². The molecule has 154 valence electrons. The smallest absolute Gasteiger partial charge is 0.254 e. The van der Waals surface area contributed by atoms with Gasteiger partial charge in [-0.15, -0.1) is 0 Å². The standard InChI is InChI=1S/C20H22FN3O5/c21-16-9-14(24-7-5-20(29,12-27)6-8-24)2-3-15(16)19(28)23-17-4-1-13(10-25)22-18(17)11-26/h2-3,9,17,22,27,29H,1,4-8,12H2,(H,23,28)/t17-/m0/s1. The van der Waals surface area contributed by atoms with Gasteiger partial charge in [0.2, 0.25) is 0 Å². The van der Waals surface area contributed by atoms with Gasteiger partial charge in [-0.3, -0.25) is 4.79 Å². The first-order valence-electron chi connectivity index (χ1n) is 9.34. The van der Waals surface area contributed by atoms with Gasteiger partial charge in [0.25, 0.3) is 5.91 Å². The molecule has 1 amide bonds. The third kappa shape index (κ3) is 4.55. The molecule has 1 atom stereocenters. The Labute approximate surface area is 166 Å². The minimum absolute atomic E-state index is 0.00432. The van der Waals surface area contributed by atoms with E-state index in [0.29, 0.717) is 44.5 Å². The number of carbonyl (C=O) groups is 1. The molecule has 0 radical (unpaired) electrons. The molecule has 2 saturated heterocycles. The molecular formula is C20H22FN3O5. The molecule has 0 aliphatic carbocycles. The van der Waals surface area contributed by atoms with Gasteiger partial charge < -0.3 is 25.7 Å². The number of anilines is 1. The predicted molar refractivity (Wildman–Crippen MR) is 102 cm³/mol. The Morgan fingerprint density at radius 2 is 2.03 bits per heavy atom. The van der Waals surface area contributed by atoms with Gasteiger partial charge in [0, 0.05) is 25.2 Å². The molecule has 2 heterocycles. The number of hydrogen-bond acceptors (Lipinski definition) is 7. The Balaban J connectivity index is 1.68. The Bertz CT molecular complexity index is 897. The number of rotatable bonds is 4. The molecular weight excluding hydrogens is 381 g/mol. The quantitative estimate of drug-likeness (QED) is 0.525. The summed E-state index contributed by atoms with van der Waals surface area (Å²) in [6, 6.07) is 3.53. The summed E-state index contributed by atoms with van der Waals surface area (Å²) in [5.74, 6) is 1.94. The van der Waals surface area contributed by atoms with Gasteiger partial charge in [0.15, 0.2) is 0 Å². The summed E-state index contributed by atoms with van der Waals surface area (Å²) in [5, 5.41) is 24.5. The van der Waals surface area contributed by atoms with E-state index >= 15 is 0 Å². The lowest BCUT2D eigenvalue weighted by Gasteiger charge is -2.38. The molecule has 2 aliphatic heterocycles. The maximum atomic E-state index is 14.6. The average Bonchev–Trinajstić information content (AvgIpc) is 2.74. The van der Waals surface area contributed by atoms with Gasteiger partial charge in [-0.05, 0) is 37.5 Å². The molecule has 3 rings (SSSR count). The van der Waals surface area contributed by atoms with Crippen LogP contribution >= 0.6 is 0 Å². The number of nitrogens with zero attached hydrogens (tertiary/aromatic N) is 1. The van der Waals surface area contributed by atoms with E-state index in [4.69, 9.17) is 0 Å². The largest absolute Gasteiger partial charge is 0.393 e. The lowest BCUT2D eigenvalue weighted by molar-refractivity contribution is -0.0325. The van der Waals surface area contributed by atoms with Crippen LogP contribution in [0.2, 0.25) is 0 Å². The van der Waals surface area contributed by atoms with Gasteiger partial charge in [-0.1, -0.05) is 0 Å². The summed E-state index contributed by atoms with van der Waals surface area (Å²) in [7, 11) is 0. The summed E-state index contributed by atoms with van der Waals surface area (Å²) >= 11 is 0. The lowest BCUT2D eigenvalue weighted by Crippen LogP contribution is -2.46. The summed E-state index contributed by atoms with van der Waals surface area (Å²) in [6.45, 7) is 0.595. The fourth-order valence-corrected chi connectivity index (χ4v) is 3.52. The molecule has 2 fully saturated rings. The van der Waals surface area contributed by atoms with E-state index in [-0.39, 0.29) is 23.6 Å². The zero-order chi connectivity index (χ0) is 21.0. The Morgan fingerprint density at radius 3 is 2.62 bits per heavy atom. The zero-order valence-electron chi connectivity index (χ0n) is 15.7. The van der Waals surface area contributed by atoms with Crippen LogP contribution in [0.1, 0.15) is 36.0 Å². The molecule has 0 spiro atoms. The van der Waals surface area contributed by atoms with Gasteiger partial charge in [0.05, 0.1) is 23.8 Å². The highest BCUT2D eigenvalue weighted by molar-refractivity contribution is 5.95. The molecule has 0 aromatic heterocycles. The first kappa shape index (κ1) is 20.8. The van der Waals surface area contributed by atoms with Crippen LogP contribution in [-0.4, -0.2) is 59.3 Å². The number of benzene rings is 1. The molecule has 4 N–H and O–H groups in total. The second kappa shape index (κ2) is 8.59. The van der Waals surface area contributed by atoms with Crippen LogP contribution in [0.3, 0.4) is 0 Å². The van der Waals surface area contributed by atoms with Crippen molar-refractivity contribution in [3.63, 3.8) is 0 Å². The molecule has 2 aliphatic rings. The van der Waals surface area contributed by atoms with Crippen molar-refractivity contribution < 1.29 is 29.0 Å². The van der Waals surface area contributed by atoms with Crippen molar-refractivity contribution >= 4 is 23.5 Å². The van der Waals surface area contributed by atoms with E-state index in [9.17, 15) is 29.0 Å². The van der Waals surface area contributed by atoms with Crippen LogP contribution in [0.4, 0.5) is 10.1 Å². The molecule has 1 aromatic rings. The van der Waals surface area contributed by atoms with E-state index in [1.165, 1.54) is 12.1 Å². The van der Waals surface area contributed by atoms with Crippen LogP contribution < -0.4 is 15.5 Å². The van der Waals surface area contributed by atoms with Gasteiger partial charge in [0.1, 0.15) is 29.1 Å². The van der Waals surface area contributed by atoms with Crippen molar-refractivity contribution in [2.75, 3.05) is 24.6 Å². The van der Waals surface area contributed by atoms with E-state index < -0.39 is 23.4 Å². The minimum atomic E-state index is -1.11. The Morgan fingerprint density at radius 1 is 1.31 bits per heavy atom. The third-order valence-corrected chi connectivity index (χ3v) is 5.41. The third-order valence-electron chi connectivity index (χ3n) is 5.41. The summed E-state index contributed by atoms with van der Waals surface area (Å²) in [4.78, 5) is 36.1. The highest BCUT2D eigenvalue weighted by Gasteiger charge is 2.32. The predicted octanol–water partition coefficient (Wildman–Crippen LogP) is 0.0621. The molecule has 0 bridgehead atoms. The van der Waals surface area contributed by atoms with E-state index in [1.807, 2.05) is 4.90 Å². The number of amides is 1. The van der Waals surface area contributed by atoms with E-state index in [2.05, 4.69) is 10.6 Å². The number of carbonyl (C=O) groups excluding carboxylic acids is 3. The van der Waals surface area contributed by atoms with Gasteiger partial charge in [-0.25, -0.2) is 14.0 Å².